The number of carboxylic acids is 2. The molecule has 60 valence electrons. The molecule has 0 atom stereocenters. The summed E-state index contributed by atoms with van der Waals surface area (Å²) in [5.41, 5.74) is 0. The van der Waals surface area contributed by atoms with Gasteiger partial charge in [0.15, 0.2) is 3.23 Å². The topological polar surface area (TPSA) is 74.6 Å². The van der Waals surface area contributed by atoms with Crippen LogP contribution in [0.5, 0.6) is 0 Å². The van der Waals surface area contributed by atoms with Crippen LogP contribution in [0.3, 0.4) is 0 Å². The van der Waals surface area contributed by atoms with Gasteiger partial charge in [0, 0.05) is 0 Å². The maximum absolute atomic E-state index is 10.2. The van der Waals surface area contributed by atoms with Crippen LogP contribution in [0.4, 0.5) is 0 Å². The van der Waals surface area contributed by atoms with Gasteiger partial charge in [0.05, 0.1) is 6.42 Å². The first-order valence-electron chi connectivity index (χ1n) is 2.19. The number of aliphatic carboxylic acids is 2. The Balaban J connectivity index is 0. The zero-order chi connectivity index (χ0) is 8.36. The first-order chi connectivity index (χ1) is 4.36. The fraction of sp³-hybridized carbons (Fsp3) is 0.500. The van der Waals surface area contributed by atoms with E-state index in [4.69, 9.17) is 10.2 Å². The molecular formula is C4H5Br2NaO4. The molecule has 0 aliphatic carbocycles. The number of rotatable bonds is 3. The van der Waals surface area contributed by atoms with E-state index in [0.29, 0.717) is 0 Å². The molecule has 11 heavy (non-hydrogen) atoms. The minimum absolute atomic E-state index is 0. The van der Waals surface area contributed by atoms with Crippen molar-refractivity contribution in [1.82, 2.24) is 0 Å². The molecular weight excluding hydrogens is 295 g/mol. The summed E-state index contributed by atoms with van der Waals surface area (Å²) in [6.45, 7) is 0. The van der Waals surface area contributed by atoms with Crippen LogP contribution < -0.4 is 0 Å². The van der Waals surface area contributed by atoms with Crippen molar-refractivity contribution < 1.29 is 19.8 Å². The van der Waals surface area contributed by atoms with Crippen LogP contribution in [-0.2, 0) is 9.59 Å². The van der Waals surface area contributed by atoms with Crippen molar-refractivity contribution >= 4 is 73.4 Å². The molecule has 2 N–H and O–H groups in total. The third kappa shape index (κ3) is 6.10. The Hall–Kier alpha value is 0.900. The summed E-state index contributed by atoms with van der Waals surface area (Å²) in [7, 11) is 0. The maximum atomic E-state index is 10.2. The van der Waals surface area contributed by atoms with Gasteiger partial charge in [-0.25, -0.2) is 4.79 Å². The van der Waals surface area contributed by atoms with E-state index in [2.05, 4.69) is 31.9 Å². The number of carbonyl (C=O) groups is 2. The Morgan fingerprint density at radius 1 is 1.27 bits per heavy atom. The normalized spacial score (nSPS) is 10.0. The van der Waals surface area contributed by atoms with Gasteiger partial charge in [-0.05, 0) is 0 Å². The van der Waals surface area contributed by atoms with Gasteiger partial charge in [0.1, 0.15) is 0 Å². The Morgan fingerprint density at radius 2 is 1.64 bits per heavy atom. The van der Waals surface area contributed by atoms with E-state index in [0.717, 1.165) is 0 Å². The molecule has 0 amide bonds. The standard InChI is InChI=1S/C4H4Br2O4.Na.H/c5-4(6,3(9)10)1-2(7)8;;/h1H2,(H,7,8)(H,9,10);;. The molecule has 0 aromatic heterocycles. The predicted octanol–water partition coefficient (Wildman–Crippen LogP) is 0.383. The van der Waals surface area contributed by atoms with E-state index in [1.54, 1.807) is 0 Å². The molecule has 0 aliphatic heterocycles. The number of hydrogen-bond acceptors (Lipinski definition) is 2. The molecule has 0 unspecified atom stereocenters. The summed E-state index contributed by atoms with van der Waals surface area (Å²) >= 11 is 5.37. The van der Waals surface area contributed by atoms with Gasteiger partial charge in [-0.1, -0.05) is 31.9 Å². The van der Waals surface area contributed by atoms with E-state index in [9.17, 15) is 9.59 Å². The van der Waals surface area contributed by atoms with Gasteiger partial charge in [-0.3, -0.25) is 4.79 Å². The van der Waals surface area contributed by atoms with Crippen LogP contribution in [0, 0.1) is 0 Å². The second kappa shape index (κ2) is 5.53. The average Bonchev–Trinajstić information content (AvgIpc) is 1.60. The molecule has 7 heteroatoms. The molecule has 0 aliphatic rings. The summed E-state index contributed by atoms with van der Waals surface area (Å²) in [6.07, 6.45) is -0.512. The number of carboxylic acid groups (broad SMARTS) is 2. The van der Waals surface area contributed by atoms with Gasteiger partial charge in [0.25, 0.3) is 0 Å². The van der Waals surface area contributed by atoms with Crippen LogP contribution in [0.2, 0.25) is 0 Å². The minimum atomic E-state index is -1.54. The molecule has 0 saturated carbocycles. The van der Waals surface area contributed by atoms with E-state index >= 15 is 0 Å². The van der Waals surface area contributed by atoms with Crippen molar-refractivity contribution in [2.45, 2.75) is 9.65 Å². The van der Waals surface area contributed by atoms with Crippen molar-refractivity contribution in [3.05, 3.63) is 0 Å². The van der Waals surface area contributed by atoms with Crippen molar-refractivity contribution in [1.29, 1.82) is 0 Å². The van der Waals surface area contributed by atoms with E-state index in [1.165, 1.54) is 0 Å². The number of halogens is 2. The molecule has 0 bridgehead atoms. The molecule has 4 nitrogen and oxygen atoms in total. The second-order valence-electron chi connectivity index (χ2n) is 1.58. The second-order valence-corrected chi connectivity index (χ2v) is 5.35. The Bertz CT molecular complexity index is 169. The molecule has 0 rings (SSSR count). The fourth-order valence-electron chi connectivity index (χ4n) is 0.266. The van der Waals surface area contributed by atoms with Crippen molar-refractivity contribution in [2.24, 2.45) is 0 Å². The van der Waals surface area contributed by atoms with Crippen LogP contribution in [-0.4, -0.2) is 54.9 Å². The molecule has 0 saturated heterocycles. The average molecular weight is 300 g/mol. The molecule has 0 radical (unpaired) electrons. The van der Waals surface area contributed by atoms with E-state index in [-0.39, 0.29) is 29.6 Å². The summed E-state index contributed by atoms with van der Waals surface area (Å²) in [4.78, 5) is 20.2. The van der Waals surface area contributed by atoms with E-state index < -0.39 is 21.6 Å². The van der Waals surface area contributed by atoms with Gasteiger partial charge in [-0.2, -0.15) is 0 Å². The zero-order valence-electron chi connectivity index (χ0n) is 4.67. The Morgan fingerprint density at radius 3 is 1.73 bits per heavy atom. The van der Waals surface area contributed by atoms with Crippen LogP contribution in [0.25, 0.3) is 0 Å². The van der Waals surface area contributed by atoms with Crippen LogP contribution in [0.15, 0.2) is 0 Å². The summed E-state index contributed by atoms with van der Waals surface area (Å²) < 4.78 is -1.54. The van der Waals surface area contributed by atoms with Crippen molar-refractivity contribution in [3.63, 3.8) is 0 Å². The van der Waals surface area contributed by atoms with Crippen molar-refractivity contribution in [2.75, 3.05) is 0 Å². The van der Waals surface area contributed by atoms with Gasteiger partial charge in [-0.15, -0.1) is 0 Å². The molecule has 0 aromatic rings. The summed E-state index contributed by atoms with van der Waals surface area (Å²) in [5, 5.41) is 16.5. The molecule has 0 fully saturated rings. The first kappa shape index (κ1) is 14.4. The first-order valence-corrected chi connectivity index (χ1v) is 3.78. The quantitative estimate of drug-likeness (QED) is 0.584. The van der Waals surface area contributed by atoms with Gasteiger partial charge < -0.3 is 10.2 Å². The summed E-state index contributed by atoms with van der Waals surface area (Å²) in [6, 6.07) is 0. The third-order valence-electron chi connectivity index (χ3n) is 0.686. The van der Waals surface area contributed by atoms with Gasteiger partial charge in [0.2, 0.25) is 0 Å². The molecule has 0 heterocycles. The SMILES string of the molecule is O=C(O)CC(Br)(Br)C(=O)O.[NaH]. The Kier molecular flexibility index (Phi) is 7.25. The van der Waals surface area contributed by atoms with Crippen LogP contribution >= 0.6 is 31.9 Å². The van der Waals surface area contributed by atoms with Crippen LogP contribution in [0.1, 0.15) is 6.42 Å². The number of hydrogen-bond donors (Lipinski definition) is 2. The molecule has 0 spiro atoms. The molecule has 0 aromatic carbocycles. The third-order valence-corrected chi connectivity index (χ3v) is 1.93. The van der Waals surface area contributed by atoms with E-state index in [1.807, 2.05) is 0 Å². The summed E-state index contributed by atoms with van der Waals surface area (Å²) in [5.74, 6) is -2.44. The fourth-order valence-corrected chi connectivity index (χ4v) is 0.745. The number of alkyl halides is 2. The monoisotopic (exact) mass is 298 g/mol. The predicted molar refractivity (Wildman–Crippen MR) is 47.6 cm³/mol. The zero-order valence-corrected chi connectivity index (χ0v) is 7.85. The Labute approximate surface area is 102 Å². The van der Waals surface area contributed by atoms with Crippen molar-refractivity contribution in [3.8, 4) is 0 Å². The van der Waals surface area contributed by atoms with Gasteiger partial charge >= 0.3 is 41.5 Å².